The fourth-order valence-electron chi connectivity index (χ4n) is 8.92. The lowest BCUT2D eigenvalue weighted by Gasteiger charge is -2.59. The van der Waals surface area contributed by atoms with Gasteiger partial charge in [-0.1, -0.05) is 18.2 Å². The van der Waals surface area contributed by atoms with Crippen molar-refractivity contribution in [2.75, 3.05) is 24.5 Å². The monoisotopic (exact) mass is 467 g/mol. The highest BCUT2D eigenvalue weighted by atomic mass is 16.6. The SMILES string of the molecule is CC(C)(C)OC(=O)N1CC2(CC[N+](C(=O)O)(C3C4CC5CC(C4)CC3C5)CC2)c2ccccc21. The molecule has 1 aromatic carbocycles. The molecule has 5 fully saturated rings. The zero-order valence-electron chi connectivity index (χ0n) is 20.8. The molecule has 1 aromatic rings. The van der Waals surface area contributed by atoms with Crippen molar-refractivity contribution in [2.24, 2.45) is 23.7 Å². The Hall–Kier alpha value is -2.08. The maximum atomic E-state index is 13.1. The van der Waals surface area contributed by atoms with Crippen LogP contribution in [-0.4, -0.2) is 53.1 Å². The first-order chi connectivity index (χ1) is 16.1. The maximum absolute atomic E-state index is 13.1. The van der Waals surface area contributed by atoms with E-state index in [0.717, 1.165) is 30.4 Å². The molecule has 0 aromatic heterocycles. The van der Waals surface area contributed by atoms with Crippen molar-refractivity contribution in [3.05, 3.63) is 29.8 Å². The zero-order chi connectivity index (χ0) is 23.9. The van der Waals surface area contributed by atoms with Gasteiger partial charge in [0.15, 0.2) is 0 Å². The number of para-hydroxylation sites is 1. The molecule has 1 spiro atoms. The van der Waals surface area contributed by atoms with Crippen molar-refractivity contribution >= 4 is 17.9 Å². The number of anilines is 1. The second-order valence-corrected chi connectivity index (χ2v) is 13.0. The molecular formula is C28H39N2O4+. The molecule has 6 heteroatoms. The van der Waals surface area contributed by atoms with Gasteiger partial charge in [0.1, 0.15) is 11.6 Å². The molecule has 4 bridgehead atoms. The first-order valence-electron chi connectivity index (χ1n) is 13.3. The Labute approximate surface area is 202 Å². The minimum Gasteiger partial charge on any atom is -0.443 e. The number of piperidine rings is 1. The van der Waals surface area contributed by atoms with Crippen LogP contribution in [0.2, 0.25) is 0 Å². The predicted molar refractivity (Wildman–Crippen MR) is 130 cm³/mol. The summed E-state index contributed by atoms with van der Waals surface area (Å²) < 4.78 is 6.00. The Morgan fingerprint density at radius 3 is 2.15 bits per heavy atom. The van der Waals surface area contributed by atoms with E-state index in [1.54, 1.807) is 4.90 Å². The van der Waals surface area contributed by atoms with E-state index >= 15 is 0 Å². The van der Waals surface area contributed by atoms with Crippen LogP contribution in [0, 0.1) is 23.7 Å². The Bertz CT molecular complexity index is 976. The number of quaternary nitrogens is 1. The van der Waals surface area contributed by atoms with Gasteiger partial charge in [-0.2, -0.15) is 4.79 Å². The van der Waals surface area contributed by atoms with Gasteiger partial charge in [-0.25, -0.2) is 9.28 Å². The Kier molecular flexibility index (Phi) is 4.91. The molecule has 6 aliphatic rings. The van der Waals surface area contributed by atoms with Gasteiger partial charge in [-0.3, -0.25) is 4.90 Å². The van der Waals surface area contributed by atoms with E-state index in [0.29, 0.717) is 31.5 Å². The molecule has 1 saturated heterocycles. The van der Waals surface area contributed by atoms with Crippen molar-refractivity contribution < 1.29 is 23.9 Å². The normalized spacial score (nSPS) is 40.4. The van der Waals surface area contributed by atoms with Gasteiger partial charge in [0.25, 0.3) is 0 Å². The molecular weight excluding hydrogens is 428 g/mol. The number of carbonyl (C=O) groups is 2. The van der Waals surface area contributed by atoms with Crippen LogP contribution in [0.1, 0.15) is 71.3 Å². The molecule has 184 valence electrons. The van der Waals surface area contributed by atoms with Crippen LogP contribution in [0.25, 0.3) is 0 Å². The zero-order valence-corrected chi connectivity index (χ0v) is 20.8. The highest BCUT2D eigenvalue weighted by Gasteiger charge is 2.62. The standard InChI is InChI=1S/C28H38N2O4/c1-27(2,3)34-25(31)29-17-28(22-6-4-5-7-23(22)29)8-10-30(11-9-28,26(32)33)24-20-13-18-12-19(15-20)16-21(24)14-18/h4-7,18-21,24H,8-17H2,1-3H3/p+1. The summed E-state index contributed by atoms with van der Waals surface area (Å²) in [7, 11) is 0. The summed E-state index contributed by atoms with van der Waals surface area (Å²) in [6.07, 6.45) is 7.03. The molecule has 0 atom stereocenters. The second-order valence-electron chi connectivity index (χ2n) is 13.0. The molecule has 4 aliphatic carbocycles. The van der Waals surface area contributed by atoms with Gasteiger partial charge in [0, 0.05) is 36.6 Å². The molecule has 7 rings (SSSR count). The quantitative estimate of drug-likeness (QED) is 0.531. The van der Waals surface area contributed by atoms with Crippen LogP contribution in [0.3, 0.4) is 0 Å². The molecule has 34 heavy (non-hydrogen) atoms. The lowest BCUT2D eigenvalue weighted by Crippen LogP contribution is -2.71. The van der Waals surface area contributed by atoms with Gasteiger partial charge in [0.05, 0.1) is 18.8 Å². The van der Waals surface area contributed by atoms with Gasteiger partial charge < -0.3 is 9.84 Å². The van der Waals surface area contributed by atoms with E-state index in [4.69, 9.17) is 4.74 Å². The number of rotatable bonds is 1. The third-order valence-electron chi connectivity index (χ3n) is 9.95. The van der Waals surface area contributed by atoms with Crippen LogP contribution in [0.5, 0.6) is 0 Å². The molecule has 1 N–H and O–H groups in total. The number of likely N-dealkylation sites (tertiary alicyclic amines) is 1. The lowest BCUT2D eigenvalue weighted by molar-refractivity contribution is -0.899. The van der Waals surface area contributed by atoms with Crippen molar-refractivity contribution in [2.45, 2.75) is 82.8 Å². The third-order valence-corrected chi connectivity index (χ3v) is 9.95. The minimum atomic E-state index is -0.623. The number of fused-ring (bicyclic) bond motifs is 2. The number of nitrogens with zero attached hydrogens (tertiary/aromatic N) is 2. The van der Waals surface area contributed by atoms with Crippen LogP contribution >= 0.6 is 0 Å². The summed E-state index contributed by atoms with van der Waals surface area (Å²) in [5, 5.41) is 10.7. The van der Waals surface area contributed by atoms with E-state index in [2.05, 4.69) is 6.07 Å². The summed E-state index contributed by atoms with van der Waals surface area (Å²) in [5.74, 6) is 2.84. The van der Waals surface area contributed by atoms with Crippen LogP contribution < -0.4 is 4.90 Å². The number of hydrogen-bond donors (Lipinski definition) is 1. The summed E-state index contributed by atoms with van der Waals surface area (Å²) in [6.45, 7) is 7.60. The van der Waals surface area contributed by atoms with Gasteiger partial charge in [-0.15, -0.1) is 0 Å². The molecule has 4 saturated carbocycles. The van der Waals surface area contributed by atoms with E-state index in [9.17, 15) is 14.7 Å². The third kappa shape index (κ3) is 3.31. The average Bonchev–Trinajstić information content (AvgIpc) is 3.08. The highest BCUT2D eigenvalue weighted by molar-refractivity contribution is 5.91. The number of ether oxygens (including phenoxy) is 1. The van der Waals surface area contributed by atoms with Gasteiger partial charge >= 0.3 is 12.2 Å². The van der Waals surface area contributed by atoms with Crippen LogP contribution in [0.15, 0.2) is 24.3 Å². The molecule has 2 aliphatic heterocycles. The highest BCUT2D eigenvalue weighted by Crippen LogP contribution is 2.58. The summed E-state index contributed by atoms with van der Waals surface area (Å²) >= 11 is 0. The van der Waals surface area contributed by atoms with E-state index in [1.807, 2.05) is 39.0 Å². The second kappa shape index (κ2) is 7.46. The topological polar surface area (TPSA) is 66.8 Å². The molecule has 2 heterocycles. The van der Waals surface area contributed by atoms with E-state index in [1.165, 1.54) is 37.7 Å². The number of hydrogen-bond acceptors (Lipinski definition) is 3. The first kappa shape index (κ1) is 22.4. The van der Waals surface area contributed by atoms with E-state index < -0.39 is 11.7 Å². The molecule has 0 radical (unpaired) electrons. The largest absolute Gasteiger partial charge is 0.513 e. The van der Waals surface area contributed by atoms with Crippen LogP contribution in [0.4, 0.5) is 15.3 Å². The number of amides is 2. The molecule has 0 unspecified atom stereocenters. The van der Waals surface area contributed by atoms with Crippen molar-refractivity contribution in [1.82, 2.24) is 0 Å². The van der Waals surface area contributed by atoms with Gasteiger partial charge in [-0.05, 0) is 76.3 Å². The van der Waals surface area contributed by atoms with Crippen LogP contribution in [-0.2, 0) is 10.2 Å². The number of carbonyl (C=O) groups excluding carboxylic acids is 1. The smallest absolute Gasteiger partial charge is 0.443 e. The van der Waals surface area contributed by atoms with E-state index in [-0.39, 0.29) is 22.0 Å². The number of carboxylic acid groups (broad SMARTS) is 1. The summed E-state index contributed by atoms with van der Waals surface area (Å²) in [4.78, 5) is 27.9. The maximum Gasteiger partial charge on any atom is 0.513 e. The minimum absolute atomic E-state index is 0.184. The molecule has 6 nitrogen and oxygen atoms in total. The predicted octanol–water partition coefficient (Wildman–Crippen LogP) is 5.79. The van der Waals surface area contributed by atoms with Crippen molar-refractivity contribution in [3.63, 3.8) is 0 Å². The summed E-state index contributed by atoms with van der Waals surface area (Å²) in [5.41, 5.74) is 1.38. The lowest BCUT2D eigenvalue weighted by atomic mass is 9.53. The number of benzene rings is 1. The van der Waals surface area contributed by atoms with Crippen molar-refractivity contribution in [3.8, 4) is 0 Å². The van der Waals surface area contributed by atoms with Gasteiger partial charge in [0.2, 0.25) is 0 Å². The average molecular weight is 468 g/mol. The molecule has 2 amide bonds. The Morgan fingerprint density at radius 1 is 1.00 bits per heavy atom. The fraction of sp³-hybridized carbons (Fsp3) is 0.714. The Balaban J connectivity index is 1.28. The Morgan fingerprint density at radius 2 is 1.59 bits per heavy atom. The first-order valence-corrected chi connectivity index (χ1v) is 13.3. The summed E-state index contributed by atoms with van der Waals surface area (Å²) in [6, 6.07) is 8.46. The van der Waals surface area contributed by atoms with Crippen molar-refractivity contribution in [1.29, 1.82) is 0 Å². The fourth-order valence-corrected chi connectivity index (χ4v) is 8.92.